The van der Waals surface area contributed by atoms with Crippen LogP contribution in [0.25, 0.3) is 0 Å². The van der Waals surface area contributed by atoms with Crippen LogP contribution in [0, 0.1) is 0 Å². The van der Waals surface area contributed by atoms with Gasteiger partial charge in [-0.25, -0.2) is 0 Å². The van der Waals surface area contributed by atoms with Gasteiger partial charge in [0, 0.05) is 6.54 Å². The van der Waals surface area contributed by atoms with E-state index in [4.69, 9.17) is 4.74 Å². The van der Waals surface area contributed by atoms with Crippen molar-refractivity contribution in [3.63, 3.8) is 0 Å². The van der Waals surface area contributed by atoms with E-state index in [1.807, 2.05) is 18.2 Å². The molecule has 2 rings (SSSR count). The summed E-state index contributed by atoms with van der Waals surface area (Å²) in [5, 5.41) is 0. The zero-order valence-corrected chi connectivity index (χ0v) is 6.58. The Bertz CT molecular complexity index is 259. The van der Waals surface area contributed by atoms with Gasteiger partial charge in [0.25, 0.3) is 0 Å². The molecule has 1 aromatic rings. The van der Waals surface area contributed by atoms with Gasteiger partial charge >= 0.3 is 0 Å². The van der Waals surface area contributed by atoms with Crippen molar-refractivity contribution >= 4 is 5.69 Å². The number of fused-ring (bicyclic) bond motifs is 1. The Hall–Kier alpha value is -1.18. The molecule has 0 atom stereocenters. The highest BCUT2D eigenvalue weighted by molar-refractivity contribution is 5.60. The van der Waals surface area contributed by atoms with Crippen molar-refractivity contribution in [3.05, 3.63) is 24.3 Å². The molecule has 58 valence electrons. The highest BCUT2D eigenvalue weighted by Crippen LogP contribution is 2.32. The lowest BCUT2D eigenvalue weighted by Crippen LogP contribution is -2.20. The van der Waals surface area contributed by atoms with E-state index in [2.05, 4.69) is 17.9 Å². The zero-order valence-electron chi connectivity index (χ0n) is 6.58. The molecule has 1 aromatic carbocycles. The van der Waals surface area contributed by atoms with E-state index >= 15 is 0 Å². The topological polar surface area (TPSA) is 12.5 Å². The number of ether oxygens (including phenoxy) is 1. The largest absolute Gasteiger partial charge is 0.471 e. The molecule has 1 aliphatic rings. The SMILES string of the molecule is CCN1COc2ccccc21. The summed E-state index contributed by atoms with van der Waals surface area (Å²) in [6.07, 6.45) is 0. The Morgan fingerprint density at radius 1 is 1.45 bits per heavy atom. The van der Waals surface area contributed by atoms with Gasteiger partial charge < -0.3 is 9.64 Å². The molecular formula is C9H11NO. The number of hydrogen-bond acceptors (Lipinski definition) is 2. The molecule has 0 fully saturated rings. The van der Waals surface area contributed by atoms with Crippen LogP contribution in [-0.2, 0) is 0 Å². The van der Waals surface area contributed by atoms with Crippen LogP contribution in [0.1, 0.15) is 6.92 Å². The molecule has 0 amide bonds. The maximum absolute atomic E-state index is 5.43. The Morgan fingerprint density at radius 3 is 3.09 bits per heavy atom. The van der Waals surface area contributed by atoms with Crippen LogP contribution >= 0.6 is 0 Å². The average Bonchev–Trinajstić information content (AvgIpc) is 2.47. The van der Waals surface area contributed by atoms with Crippen molar-refractivity contribution in [1.29, 1.82) is 0 Å². The highest BCUT2D eigenvalue weighted by atomic mass is 16.5. The molecule has 0 aromatic heterocycles. The maximum atomic E-state index is 5.43. The number of para-hydroxylation sites is 2. The van der Waals surface area contributed by atoms with E-state index < -0.39 is 0 Å². The molecule has 0 spiro atoms. The van der Waals surface area contributed by atoms with Crippen molar-refractivity contribution in [1.82, 2.24) is 0 Å². The molecule has 0 bridgehead atoms. The summed E-state index contributed by atoms with van der Waals surface area (Å²) in [4.78, 5) is 2.20. The van der Waals surface area contributed by atoms with E-state index in [0.29, 0.717) is 6.73 Å². The van der Waals surface area contributed by atoms with Gasteiger partial charge in [-0.15, -0.1) is 0 Å². The predicted molar refractivity (Wildman–Crippen MR) is 45.0 cm³/mol. The van der Waals surface area contributed by atoms with Gasteiger partial charge in [-0.05, 0) is 19.1 Å². The van der Waals surface area contributed by atoms with Gasteiger partial charge in [-0.2, -0.15) is 0 Å². The third-order valence-electron chi connectivity index (χ3n) is 1.96. The molecule has 0 N–H and O–H groups in total. The van der Waals surface area contributed by atoms with Crippen LogP contribution in [0.4, 0.5) is 5.69 Å². The quantitative estimate of drug-likeness (QED) is 0.604. The second-order valence-corrected chi connectivity index (χ2v) is 2.60. The minimum absolute atomic E-state index is 0.704. The van der Waals surface area contributed by atoms with Crippen LogP contribution in [-0.4, -0.2) is 13.3 Å². The number of benzene rings is 1. The maximum Gasteiger partial charge on any atom is 0.161 e. The number of rotatable bonds is 1. The molecule has 2 heteroatoms. The fraction of sp³-hybridized carbons (Fsp3) is 0.333. The van der Waals surface area contributed by atoms with E-state index in [9.17, 15) is 0 Å². The third-order valence-corrected chi connectivity index (χ3v) is 1.96. The van der Waals surface area contributed by atoms with Crippen LogP contribution in [0.2, 0.25) is 0 Å². The number of anilines is 1. The van der Waals surface area contributed by atoms with E-state index in [1.165, 1.54) is 5.69 Å². The molecule has 0 unspecified atom stereocenters. The molecule has 11 heavy (non-hydrogen) atoms. The lowest BCUT2D eigenvalue weighted by molar-refractivity contribution is 0.348. The van der Waals surface area contributed by atoms with Crippen molar-refractivity contribution < 1.29 is 4.74 Å². The van der Waals surface area contributed by atoms with Gasteiger partial charge in [-0.3, -0.25) is 0 Å². The van der Waals surface area contributed by atoms with Crippen molar-refractivity contribution in [3.8, 4) is 5.75 Å². The monoisotopic (exact) mass is 149 g/mol. The zero-order chi connectivity index (χ0) is 7.68. The lowest BCUT2D eigenvalue weighted by Gasteiger charge is -2.11. The molecule has 0 radical (unpaired) electrons. The molecule has 2 nitrogen and oxygen atoms in total. The summed E-state index contributed by atoms with van der Waals surface area (Å²) in [6, 6.07) is 8.13. The minimum Gasteiger partial charge on any atom is -0.471 e. The molecule has 0 aliphatic carbocycles. The van der Waals surface area contributed by atoms with Crippen LogP contribution in [0.3, 0.4) is 0 Å². The second-order valence-electron chi connectivity index (χ2n) is 2.60. The molecule has 0 saturated carbocycles. The Balaban J connectivity index is 2.39. The summed E-state index contributed by atoms with van der Waals surface area (Å²) >= 11 is 0. The Kier molecular flexibility index (Phi) is 1.46. The van der Waals surface area contributed by atoms with Crippen molar-refractivity contribution in [2.75, 3.05) is 18.2 Å². The van der Waals surface area contributed by atoms with Crippen molar-refractivity contribution in [2.24, 2.45) is 0 Å². The first-order valence-electron chi connectivity index (χ1n) is 3.88. The van der Waals surface area contributed by atoms with Gasteiger partial charge in [0.1, 0.15) is 5.75 Å². The fourth-order valence-electron chi connectivity index (χ4n) is 1.32. The molecule has 1 heterocycles. The average molecular weight is 149 g/mol. The van der Waals surface area contributed by atoms with Crippen LogP contribution in [0.15, 0.2) is 24.3 Å². The summed E-state index contributed by atoms with van der Waals surface area (Å²) < 4.78 is 5.43. The van der Waals surface area contributed by atoms with Gasteiger partial charge in [0.2, 0.25) is 0 Å². The fourth-order valence-corrected chi connectivity index (χ4v) is 1.32. The second kappa shape index (κ2) is 2.46. The van der Waals surface area contributed by atoms with Gasteiger partial charge in [0.05, 0.1) is 5.69 Å². The Morgan fingerprint density at radius 2 is 2.27 bits per heavy atom. The number of hydrogen-bond donors (Lipinski definition) is 0. The first-order chi connectivity index (χ1) is 5.42. The van der Waals surface area contributed by atoms with E-state index in [-0.39, 0.29) is 0 Å². The molecule has 0 saturated heterocycles. The smallest absolute Gasteiger partial charge is 0.161 e. The van der Waals surface area contributed by atoms with Gasteiger partial charge in [0.15, 0.2) is 6.73 Å². The molecule has 1 aliphatic heterocycles. The van der Waals surface area contributed by atoms with Crippen molar-refractivity contribution in [2.45, 2.75) is 6.92 Å². The van der Waals surface area contributed by atoms with E-state index in [0.717, 1.165) is 12.3 Å². The predicted octanol–water partition coefficient (Wildman–Crippen LogP) is 1.86. The first-order valence-corrected chi connectivity index (χ1v) is 3.88. The number of nitrogens with zero attached hydrogens (tertiary/aromatic N) is 1. The molecular weight excluding hydrogens is 138 g/mol. The lowest BCUT2D eigenvalue weighted by atomic mass is 10.3. The summed E-state index contributed by atoms with van der Waals surface area (Å²) in [5.74, 6) is 1.01. The standard InChI is InChI=1S/C9H11NO/c1-2-10-7-11-9-6-4-3-5-8(9)10/h3-6H,2,7H2,1H3. The third kappa shape index (κ3) is 0.946. The summed E-state index contributed by atoms with van der Waals surface area (Å²) in [5.41, 5.74) is 1.22. The highest BCUT2D eigenvalue weighted by Gasteiger charge is 2.16. The van der Waals surface area contributed by atoms with Gasteiger partial charge in [-0.1, -0.05) is 12.1 Å². The van der Waals surface area contributed by atoms with E-state index in [1.54, 1.807) is 0 Å². The first kappa shape index (κ1) is 6.53. The summed E-state index contributed by atoms with van der Waals surface area (Å²) in [6.45, 7) is 3.85. The van der Waals surface area contributed by atoms with Crippen LogP contribution < -0.4 is 9.64 Å². The normalized spacial score (nSPS) is 14.5. The minimum atomic E-state index is 0.704. The summed E-state index contributed by atoms with van der Waals surface area (Å²) in [7, 11) is 0. The van der Waals surface area contributed by atoms with Crippen LogP contribution in [0.5, 0.6) is 5.75 Å². The Labute approximate surface area is 66.4 Å².